The van der Waals surface area contributed by atoms with E-state index >= 15 is 0 Å². The molecule has 0 aromatic rings. The van der Waals surface area contributed by atoms with Crippen LogP contribution in [0.2, 0.25) is 0 Å². The molecule has 0 amide bonds. The summed E-state index contributed by atoms with van der Waals surface area (Å²) in [6, 6.07) is 0. The molecule has 0 rings (SSSR count). The van der Waals surface area contributed by atoms with Crippen LogP contribution in [0.4, 0.5) is 0 Å². The van der Waals surface area contributed by atoms with E-state index in [4.69, 9.17) is 20.9 Å². The van der Waals surface area contributed by atoms with Gasteiger partial charge in [-0.05, 0) is 0 Å². The molecule has 11 heavy (non-hydrogen) atoms. The first kappa shape index (κ1) is 15.1. The SMILES string of the molecule is [NH-]CCOCCOCCN.[Rb+]. The molecule has 0 saturated carbocycles. The summed E-state index contributed by atoms with van der Waals surface area (Å²) in [5.74, 6) is 0. The summed E-state index contributed by atoms with van der Waals surface area (Å²) in [6.45, 7) is 3.10. The predicted molar refractivity (Wildman–Crippen MR) is 39.9 cm³/mol. The Hall–Kier alpha value is 1.65. The summed E-state index contributed by atoms with van der Waals surface area (Å²) in [5.41, 5.74) is 11.9. The first-order valence-electron chi connectivity index (χ1n) is 3.42. The fourth-order valence-corrected chi connectivity index (χ4v) is 0.477. The molecule has 0 fully saturated rings. The van der Waals surface area contributed by atoms with Crippen molar-refractivity contribution in [2.24, 2.45) is 5.73 Å². The van der Waals surface area contributed by atoms with E-state index in [2.05, 4.69) is 0 Å². The largest absolute Gasteiger partial charge is 1.00 e. The summed E-state index contributed by atoms with van der Waals surface area (Å²) in [5, 5.41) is 0. The Bertz CT molecular complexity index is 58.5. The number of ether oxygens (including phenoxy) is 2. The van der Waals surface area contributed by atoms with Crippen LogP contribution in [0.5, 0.6) is 0 Å². The average molecular weight is 233 g/mol. The van der Waals surface area contributed by atoms with Crippen LogP contribution in [0, 0.1) is 0 Å². The summed E-state index contributed by atoms with van der Waals surface area (Å²) >= 11 is 0. The Morgan fingerprint density at radius 2 is 1.55 bits per heavy atom. The van der Waals surface area contributed by atoms with E-state index < -0.39 is 0 Å². The van der Waals surface area contributed by atoms with Gasteiger partial charge in [0.05, 0.1) is 19.8 Å². The van der Waals surface area contributed by atoms with E-state index in [1.165, 1.54) is 0 Å². The molecule has 3 N–H and O–H groups in total. The number of nitrogens with one attached hydrogen (secondary N) is 1. The third-order valence-electron chi connectivity index (χ3n) is 0.881. The van der Waals surface area contributed by atoms with Crippen LogP contribution >= 0.6 is 0 Å². The molecule has 0 aromatic carbocycles. The van der Waals surface area contributed by atoms with Crippen molar-refractivity contribution in [1.82, 2.24) is 0 Å². The minimum Gasteiger partial charge on any atom is -0.676 e. The smallest absolute Gasteiger partial charge is 0.676 e. The molecule has 0 aliphatic carbocycles. The minimum absolute atomic E-state index is 0. The van der Waals surface area contributed by atoms with Crippen LogP contribution < -0.4 is 63.9 Å². The van der Waals surface area contributed by atoms with Gasteiger partial charge in [-0.25, -0.2) is 0 Å². The van der Waals surface area contributed by atoms with E-state index in [0.717, 1.165) is 0 Å². The molecule has 0 saturated heterocycles. The number of hydrogen-bond donors (Lipinski definition) is 1. The molecule has 0 radical (unpaired) electrons. The van der Waals surface area contributed by atoms with E-state index in [1.54, 1.807) is 0 Å². The second-order valence-electron chi connectivity index (χ2n) is 1.76. The van der Waals surface area contributed by atoms with Crippen LogP contribution in [-0.2, 0) is 9.47 Å². The summed E-state index contributed by atoms with van der Waals surface area (Å²) < 4.78 is 9.99. The molecule has 0 unspecified atom stereocenters. The molecule has 0 aliphatic rings. The quantitative estimate of drug-likeness (QED) is 0.477. The van der Waals surface area contributed by atoms with Gasteiger partial charge in [0.25, 0.3) is 0 Å². The van der Waals surface area contributed by atoms with Crippen LogP contribution in [0.3, 0.4) is 0 Å². The first-order valence-corrected chi connectivity index (χ1v) is 3.42. The van der Waals surface area contributed by atoms with Crippen molar-refractivity contribution < 1.29 is 67.7 Å². The number of nitrogens with two attached hydrogens (primary N) is 1. The minimum atomic E-state index is 0. The van der Waals surface area contributed by atoms with Crippen molar-refractivity contribution in [3.8, 4) is 0 Å². The van der Waals surface area contributed by atoms with Crippen LogP contribution in [-0.4, -0.2) is 39.5 Å². The first-order chi connectivity index (χ1) is 4.91. The zero-order valence-corrected chi connectivity index (χ0v) is 12.1. The van der Waals surface area contributed by atoms with Crippen molar-refractivity contribution in [2.75, 3.05) is 39.5 Å². The molecule has 5 heteroatoms. The van der Waals surface area contributed by atoms with E-state index in [0.29, 0.717) is 39.5 Å². The van der Waals surface area contributed by atoms with Gasteiger partial charge in [0.1, 0.15) is 0 Å². The molecular formula is C6H15N2O2Rb. The van der Waals surface area contributed by atoms with Crippen molar-refractivity contribution in [3.05, 3.63) is 5.73 Å². The zero-order chi connectivity index (χ0) is 7.66. The van der Waals surface area contributed by atoms with Gasteiger partial charge in [-0.3, -0.25) is 0 Å². The predicted octanol–water partition coefficient (Wildman–Crippen LogP) is -2.97. The average Bonchev–Trinajstić information content (AvgIpc) is 1.97. The van der Waals surface area contributed by atoms with Gasteiger partial charge in [-0.15, -0.1) is 6.54 Å². The Morgan fingerprint density at radius 3 is 2.00 bits per heavy atom. The van der Waals surface area contributed by atoms with E-state index in [1.807, 2.05) is 0 Å². The van der Waals surface area contributed by atoms with Crippen molar-refractivity contribution >= 4 is 0 Å². The topological polar surface area (TPSA) is 68.3 Å². The normalized spacial score (nSPS) is 9.27. The van der Waals surface area contributed by atoms with Crippen LogP contribution in [0.15, 0.2) is 0 Å². The van der Waals surface area contributed by atoms with Gasteiger partial charge in [0.2, 0.25) is 0 Å². The van der Waals surface area contributed by atoms with Crippen LogP contribution in [0.1, 0.15) is 0 Å². The molecule has 0 aliphatic heterocycles. The Labute approximate surface area is 117 Å². The summed E-state index contributed by atoms with van der Waals surface area (Å²) in [4.78, 5) is 0. The van der Waals surface area contributed by atoms with E-state index in [-0.39, 0.29) is 58.2 Å². The number of hydrogen-bond acceptors (Lipinski definition) is 3. The maximum absolute atomic E-state index is 6.73. The Kier molecular flexibility index (Phi) is 19.5. The molecule has 0 aromatic heterocycles. The molecule has 0 bridgehead atoms. The van der Waals surface area contributed by atoms with Gasteiger partial charge in [-0.1, -0.05) is 0 Å². The maximum Gasteiger partial charge on any atom is 1.00 e. The van der Waals surface area contributed by atoms with Gasteiger partial charge in [-0.2, -0.15) is 0 Å². The Balaban J connectivity index is 0. The molecule has 62 valence electrons. The van der Waals surface area contributed by atoms with Gasteiger partial charge >= 0.3 is 58.2 Å². The molecule has 0 atom stereocenters. The molecule has 4 nitrogen and oxygen atoms in total. The second-order valence-corrected chi connectivity index (χ2v) is 1.76. The standard InChI is InChI=1S/C6H15N2O2.Rb/c7-1-3-9-5-6-10-4-2-8;/h7H,1-6,8H2;/q-1;+1. The number of rotatable bonds is 7. The fourth-order valence-electron chi connectivity index (χ4n) is 0.477. The summed E-state index contributed by atoms with van der Waals surface area (Å²) in [6.07, 6.45) is 0. The van der Waals surface area contributed by atoms with Gasteiger partial charge < -0.3 is 20.9 Å². The Morgan fingerprint density at radius 1 is 1.00 bits per heavy atom. The molecular weight excluding hydrogens is 218 g/mol. The van der Waals surface area contributed by atoms with Gasteiger partial charge in [0, 0.05) is 13.2 Å². The van der Waals surface area contributed by atoms with Crippen molar-refractivity contribution in [3.63, 3.8) is 0 Å². The summed E-state index contributed by atoms with van der Waals surface area (Å²) in [7, 11) is 0. The maximum atomic E-state index is 6.73. The second kappa shape index (κ2) is 14.2. The third kappa shape index (κ3) is 14.5. The fraction of sp³-hybridized carbons (Fsp3) is 1.00. The van der Waals surface area contributed by atoms with Crippen LogP contribution in [0.25, 0.3) is 5.73 Å². The van der Waals surface area contributed by atoms with Gasteiger partial charge in [0.15, 0.2) is 0 Å². The third-order valence-corrected chi connectivity index (χ3v) is 0.881. The van der Waals surface area contributed by atoms with E-state index in [9.17, 15) is 0 Å². The van der Waals surface area contributed by atoms with Crippen molar-refractivity contribution in [2.45, 2.75) is 0 Å². The zero-order valence-electron chi connectivity index (χ0n) is 7.14. The van der Waals surface area contributed by atoms with Crippen molar-refractivity contribution in [1.29, 1.82) is 0 Å². The monoisotopic (exact) mass is 232 g/mol. The molecule has 0 spiro atoms. The molecule has 0 heterocycles.